The molecule has 3 heterocycles. The summed E-state index contributed by atoms with van der Waals surface area (Å²) < 4.78 is 44.1. The molecule has 2 N–H and O–H groups in total. The van der Waals surface area contributed by atoms with Crippen molar-refractivity contribution in [2.75, 3.05) is 12.4 Å². The summed E-state index contributed by atoms with van der Waals surface area (Å²) >= 11 is 7.18. The lowest BCUT2D eigenvalue weighted by Gasteiger charge is -2.35. The fourth-order valence-electron chi connectivity index (χ4n) is 3.42. The molecule has 2 aromatic heterocycles. The van der Waals surface area contributed by atoms with Crippen molar-refractivity contribution in [3.63, 3.8) is 0 Å². The van der Waals surface area contributed by atoms with Crippen LogP contribution in [0.4, 0.5) is 10.1 Å². The minimum absolute atomic E-state index is 0.136. The summed E-state index contributed by atoms with van der Waals surface area (Å²) in [5.74, 6) is -1.13. The average molecular weight is 484 g/mol. The summed E-state index contributed by atoms with van der Waals surface area (Å²) in [7, 11) is -0.718. The fraction of sp³-hybridized carbons (Fsp3) is 0.263. The summed E-state index contributed by atoms with van der Waals surface area (Å²) in [6, 6.07) is 6.02. The normalized spacial score (nSPS) is 21.2. The lowest BCUT2D eigenvalue weighted by atomic mass is 10.0. The predicted molar refractivity (Wildman–Crippen MR) is 118 cm³/mol. The number of aromatic nitrogens is 2. The van der Waals surface area contributed by atoms with E-state index in [9.17, 15) is 17.6 Å². The number of aryl methyl sites for hydroxylation is 1. The molecule has 1 fully saturated rings. The topological polar surface area (TPSA) is 96.3 Å². The number of likely N-dealkylation sites (N-methyl/N-ethyl adjacent to an activating group) is 1. The molecule has 0 bridgehead atoms. The van der Waals surface area contributed by atoms with Gasteiger partial charge in [-0.15, -0.1) is 11.3 Å². The molecule has 1 amide bonds. The number of rotatable bonds is 4. The second-order valence-corrected chi connectivity index (χ2v) is 10.3. The van der Waals surface area contributed by atoms with E-state index in [4.69, 9.17) is 11.6 Å². The van der Waals surface area contributed by atoms with Crippen molar-refractivity contribution in [3.8, 4) is 11.3 Å². The van der Waals surface area contributed by atoms with E-state index in [1.165, 1.54) is 30.5 Å². The van der Waals surface area contributed by atoms with Crippen molar-refractivity contribution in [1.29, 1.82) is 0 Å². The van der Waals surface area contributed by atoms with Gasteiger partial charge in [0.1, 0.15) is 11.9 Å². The Bertz CT molecular complexity index is 1240. The average Bonchev–Trinajstić information content (AvgIpc) is 3.35. The van der Waals surface area contributed by atoms with Crippen molar-refractivity contribution < 1.29 is 17.6 Å². The number of amides is 1. The highest BCUT2D eigenvalue weighted by Crippen LogP contribution is 2.35. The molecule has 1 saturated heterocycles. The molecule has 0 saturated carbocycles. The number of hydrogen-bond acceptors (Lipinski definition) is 5. The molecule has 8 nitrogen and oxygen atoms in total. The second-order valence-electron chi connectivity index (χ2n) is 7.14. The molecule has 4 rings (SSSR count). The molecular formula is C19H19ClFN5O3S2. The van der Waals surface area contributed by atoms with Crippen molar-refractivity contribution in [3.05, 3.63) is 57.6 Å². The van der Waals surface area contributed by atoms with Crippen LogP contribution in [0.5, 0.6) is 0 Å². The molecule has 3 aromatic rings. The van der Waals surface area contributed by atoms with Crippen molar-refractivity contribution in [2.45, 2.75) is 18.5 Å². The summed E-state index contributed by atoms with van der Waals surface area (Å²) in [6.07, 6.45) is 1.91. The first-order chi connectivity index (χ1) is 14.7. The van der Waals surface area contributed by atoms with Crippen LogP contribution in [-0.2, 0) is 22.1 Å². The monoisotopic (exact) mass is 483 g/mol. The third kappa shape index (κ3) is 4.37. The van der Waals surface area contributed by atoms with Crippen molar-refractivity contribution in [2.24, 2.45) is 7.05 Å². The van der Waals surface area contributed by atoms with Gasteiger partial charge in [-0.3, -0.25) is 9.48 Å². The minimum Gasteiger partial charge on any atom is -0.325 e. The van der Waals surface area contributed by atoms with Crippen LogP contribution in [0.2, 0.25) is 5.02 Å². The number of benzene rings is 1. The third-order valence-electron chi connectivity index (χ3n) is 5.14. The number of carbonyl (C=O) groups is 1. The maximum Gasteiger partial charge on any atom is 0.280 e. The molecule has 1 aliphatic rings. The van der Waals surface area contributed by atoms with Crippen LogP contribution in [0.1, 0.15) is 17.3 Å². The van der Waals surface area contributed by atoms with Crippen LogP contribution in [0.25, 0.3) is 11.3 Å². The van der Waals surface area contributed by atoms with E-state index < -0.39 is 34.0 Å². The Morgan fingerprint density at radius 1 is 1.32 bits per heavy atom. The van der Waals surface area contributed by atoms with Gasteiger partial charge in [-0.25, -0.2) is 4.39 Å². The predicted octanol–water partition coefficient (Wildman–Crippen LogP) is 3.16. The number of halogens is 2. The second kappa shape index (κ2) is 8.32. The first-order valence-corrected chi connectivity index (χ1v) is 11.9. The first kappa shape index (κ1) is 21.9. The maximum absolute atomic E-state index is 13.4. The van der Waals surface area contributed by atoms with E-state index in [-0.39, 0.29) is 17.1 Å². The standard InChI is InChI=1S/C19H19ClFN5O3S2/c1-25-16(5-6-22-25)11-7-18(30-10-11)15-9-17(26(2)31(28,29)24-15)19(27)23-12-3-4-14(21)13(20)8-12/h3-8,10,15,17,24H,9H2,1-2H3,(H,23,27)/t15-,17+/m1/s1. The van der Waals surface area contributed by atoms with Crippen LogP contribution in [0.3, 0.4) is 0 Å². The Morgan fingerprint density at radius 3 is 2.77 bits per heavy atom. The van der Waals surface area contributed by atoms with Crippen molar-refractivity contribution in [1.82, 2.24) is 18.8 Å². The van der Waals surface area contributed by atoms with Crippen LogP contribution in [0.15, 0.2) is 41.9 Å². The smallest absolute Gasteiger partial charge is 0.280 e. The lowest BCUT2D eigenvalue weighted by Crippen LogP contribution is -2.55. The third-order valence-corrected chi connectivity index (χ3v) is 8.07. The van der Waals surface area contributed by atoms with E-state index in [0.29, 0.717) is 0 Å². The molecule has 31 heavy (non-hydrogen) atoms. The highest BCUT2D eigenvalue weighted by atomic mass is 35.5. The number of hydrogen-bond donors (Lipinski definition) is 2. The first-order valence-electron chi connectivity index (χ1n) is 9.23. The zero-order valence-corrected chi connectivity index (χ0v) is 18.9. The Morgan fingerprint density at radius 2 is 2.10 bits per heavy atom. The van der Waals surface area contributed by atoms with Gasteiger partial charge in [0.2, 0.25) is 5.91 Å². The molecule has 2 atom stereocenters. The van der Waals surface area contributed by atoms with Gasteiger partial charge in [-0.05, 0) is 36.8 Å². The van der Waals surface area contributed by atoms with Gasteiger partial charge in [-0.1, -0.05) is 11.6 Å². The quantitative estimate of drug-likeness (QED) is 0.595. The van der Waals surface area contributed by atoms with Gasteiger partial charge < -0.3 is 5.32 Å². The van der Waals surface area contributed by atoms with Gasteiger partial charge in [0, 0.05) is 41.8 Å². The highest BCUT2D eigenvalue weighted by Gasteiger charge is 2.41. The largest absolute Gasteiger partial charge is 0.325 e. The van der Waals surface area contributed by atoms with Gasteiger partial charge in [0.15, 0.2) is 0 Å². The summed E-state index contributed by atoms with van der Waals surface area (Å²) in [6.45, 7) is 0. The number of nitrogens with zero attached hydrogens (tertiary/aromatic N) is 3. The minimum atomic E-state index is -3.89. The fourth-order valence-corrected chi connectivity index (χ4v) is 5.91. The number of anilines is 1. The van der Waals surface area contributed by atoms with Crippen molar-refractivity contribution >= 4 is 44.7 Å². The molecule has 1 aromatic carbocycles. The molecule has 0 spiro atoms. The SMILES string of the molecule is CN1[C@H](C(=O)Nc2ccc(F)c(Cl)c2)C[C@H](c2cc(-c3ccnn3C)cs2)NS1(=O)=O. The maximum atomic E-state index is 13.4. The van der Waals surface area contributed by atoms with Crippen LogP contribution in [0, 0.1) is 5.82 Å². The van der Waals surface area contributed by atoms with E-state index >= 15 is 0 Å². The lowest BCUT2D eigenvalue weighted by molar-refractivity contribution is -0.120. The molecule has 0 unspecified atom stereocenters. The zero-order chi connectivity index (χ0) is 22.3. The van der Waals surface area contributed by atoms with Crippen LogP contribution in [-0.4, -0.2) is 41.5 Å². The van der Waals surface area contributed by atoms with Crippen LogP contribution < -0.4 is 10.0 Å². The van der Waals surface area contributed by atoms with Gasteiger partial charge in [-0.2, -0.15) is 22.5 Å². The molecule has 12 heteroatoms. The number of nitrogens with one attached hydrogen (secondary N) is 2. The Labute approximate surface area is 187 Å². The van der Waals surface area contributed by atoms with Gasteiger partial charge in [0.05, 0.1) is 16.8 Å². The highest BCUT2D eigenvalue weighted by molar-refractivity contribution is 7.87. The van der Waals surface area contributed by atoms with E-state index in [1.807, 2.05) is 24.6 Å². The van der Waals surface area contributed by atoms with E-state index in [0.717, 1.165) is 26.5 Å². The molecule has 0 aliphatic carbocycles. The molecule has 0 radical (unpaired) electrons. The van der Waals surface area contributed by atoms with E-state index in [2.05, 4.69) is 15.1 Å². The zero-order valence-electron chi connectivity index (χ0n) is 16.5. The van der Waals surface area contributed by atoms with Gasteiger partial charge in [0.25, 0.3) is 10.2 Å². The number of carbonyl (C=O) groups excluding carboxylic acids is 1. The molecule has 164 valence electrons. The van der Waals surface area contributed by atoms with E-state index in [1.54, 1.807) is 10.9 Å². The summed E-state index contributed by atoms with van der Waals surface area (Å²) in [5.41, 5.74) is 2.10. The Kier molecular flexibility index (Phi) is 5.88. The number of thiophene rings is 1. The van der Waals surface area contributed by atoms with Crippen LogP contribution >= 0.6 is 22.9 Å². The Hall–Kier alpha value is -2.31. The summed E-state index contributed by atoms with van der Waals surface area (Å²) in [5, 5.41) is 8.56. The summed E-state index contributed by atoms with van der Waals surface area (Å²) in [4.78, 5) is 13.7. The Balaban J connectivity index is 1.58. The molecular weight excluding hydrogens is 465 g/mol. The van der Waals surface area contributed by atoms with Gasteiger partial charge >= 0.3 is 0 Å². The molecule has 1 aliphatic heterocycles.